The van der Waals surface area contributed by atoms with E-state index in [4.69, 9.17) is 8.83 Å². The van der Waals surface area contributed by atoms with Gasteiger partial charge in [-0.25, -0.2) is 0 Å². The van der Waals surface area contributed by atoms with Crippen molar-refractivity contribution in [3.8, 4) is 22.3 Å². The molecule has 1 aliphatic rings. The van der Waals surface area contributed by atoms with Crippen LogP contribution in [0.2, 0.25) is 0 Å². The smallest absolute Gasteiger partial charge is 0.143 e. The minimum atomic E-state index is 0.310. The lowest BCUT2D eigenvalue weighted by atomic mass is 9.86. The molecule has 0 spiro atoms. The van der Waals surface area contributed by atoms with Gasteiger partial charge in [0.05, 0.1) is 11.1 Å². The number of furan rings is 2. The van der Waals surface area contributed by atoms with Gasteiger partial charge in [-0.15, -0.1) is 0 Å². The van der Waals surface area contributed by atoms with E-state index in [-0.39, 0.29) is 0 Å². The second-order valence-electron chi connectivity index (χ2n) is 13.3. The predicted molar refractivity (Wildman–Crippen MR) is 213 cm³/mol. The molecule has 0 aliphatic heterocycles. The van der Waals surface area contributed by atoms with E-state index in [0.717, 1.165) is 78.4 Å². The van der Waals surface area contributed by atoms with Gasteiger partial charge in [-0.1, -0.05) is 140 Å². The summed E-state index contributed by atoms with van der Waals surface area (Å²) in [7, 11) is 0. The standard InChI is InChI=1S/C48H33NO2/c1-2-11-31(12-3-1)33-13-6-14-34(29-33)35-15-7-16-36(30-35)38-18-9-23-44-46(38)47-42(21-10-24-45(47)50-44)49-37-27-25-32(26-28-37)39-19-8-20-41-40-17-4-5-22-43(40)51-48(39)41/h1-13,15-30,34,49H,14H2. The number of nitrogens with one attached hydrogen (secondary N) is 1. The summed E-state index contributed by atoms with van der Waals surface area (Å²) in [5, 5.41) is 8.19. The quantitative estimate of drug-likeness (QED) is 0.194. The fraction of sp³-hybridized carbons (Fsp3) is 0.0417. The maximum Gasteiger partial charge on any atom is 0.143 e. The van der Waals surface area contributed by atoms with Gasteiger partial charge in [0.15, 0.2) is 0 Å². The zero-order valence-electron chi connectivity index (χ0n) is 27.8. The highest BCUT2D eigenvalue weighted by Crippen LogP contribution is 2.42. The minimum Gasteiger partial charge on any atom is -0.456 e. The summed E-state index contributed by atoms with van der Waals surface area (Å²) in [5.74, 6) is 0.310. The molecule has 0 bridgehead atoms. The molecular formula is C48H33NO2. The molecule has 0 saturated carbocycles. The van der Waals surface area contributed by atoms with Crippen LogP contribution in [0.1, 0.15) is 23.5 Å². The van der Waals surface area contributed by atoms with Crippen LogP contribution in [0.4, 0.5) is 11.4 Å². The molecule has 0 saturated heterocycles. The van der Waals surface area contributed by atoms with E-state index in [2.05, 4.69) is 169 Å². The average molecular weight is 656 g/mol. The Labute approximate surface area is 295 Å². The largest absolute Gasteiger partial charge is 0.456 e. The molecule has 7 aromatic carbocycles. The zero-order valence-corrected chi connectivity index (χ0v) is 27.8. The number of fused-ring (bicyclic) bond motifs is 6. The summed E-state index contributed by atoms with van der Waals surface area (Å²) in [5.41, 5.74) is 14.0. The Hall–Kier alpha value is -6.58. The molecule has 1 atom stereocenters. The summed E-state index contributed by atoms with van der Waals surface area (Å²) in [4.78, 5) is 0. The molecule has 242 valence electrons. The first-order valence-electron chi connectivity index (χ1n) is 17.5. The summed E-state index contributed by atoms with van der Waals surface area (Å²) in [6.45, 7) is 0. The summed E-state index contributed by atoms with van der Waals surface area (Å²) >= 11 is 0. The third-order valence-corrected chi connectivity index (χ3v) is 10.2. The van der Waals surface area contributed by atoms with Gasteiger partial charge in [0.25, 0.3) is 0 Å². The monoisotopic (exact) mass is 655 g/mol. The molecule has 1 unspecified atom stereocenters. The lowest BCUT2D eigenvalue weighted by Gasteiger charge is -2.18. The molecule has 0 radical (unpaired) electrons. The number of para-hydroxylation sites is 2. The van der Waals surface area contributed by atoms with Crippen LogP contribution in [0.3, 0.4) is 0 Å². The van der Waals surface area contributed by atoms with Crippen molar-refractivity contribution in [2.45, 2.75) is 12.3 Å². The number of rotatable bonds is 6. The Balaban J connectivity index is 1.01. The first-order valence-corrected chi connectivity index (χ1v) is 17.5. The summed E-state index contributed by atoms with van der Waals surface area (Å²) < 4.78 is 12.8. The molecule has 9 aromatic rings. The van der Waals surface area contributed by atoms with Gasteiger partial charge in [0.1, 0.15) is 22.3 Å². The second-order valence-corrected chi connectivity index (χ2v) is 13.3. The Morgan fingerprint density at radius 3 is 2.12 bits per heavy atom. The molecule has 1 aliphatic carbocycles. The SMILES string of the molecule is C1=CC(c2ccccc2)=CC(c2cccc(-c3cccc4oc5cccc(Nc6ccc(-c7cccc8c7oc7ccccc78)cc6)c5c34)c2)C1. The summed E-state index contributed by atoms with van der Waals surface area (Å²) in [6.07, 6.45) is 7.94. The Morgan fingerprint density at radius 2 is 1.22 bits per heavy atom. The number of hydrogen-bond acceptors (Lipinski definition) is 3. The molecule has 3 heteroatoms. The van der Waals surface area contributed by atoms with Crippen LogP contribution in [0, 0.1) is 0 Å². The molecule has 2 aromatic heterocycles. The maximum absolute atomic E-state index is 6.48. The van der Waals surface area contributed by atoms with E-state index >= 15 is 0 Å². The van der Waals surface area contributed by atoms with Gasteiger partial charge in [-0.2, -0.15) is 0 Å². The zero-order chi connectivity index (χ0) is 33.7. The molecule has 51 heavy (non-hydrogen) atoms. The molecule has 0 fully saturated rings. The number of hydrogen-bond donors (Lipinski definition) is 1. The number of allylic oxidation sites excluding steroid dienone is 4. The molecule has 2 heterocycles. The van der Waals surface area contributed by atoms with E-state index in [1.54, 1.807) is 0 Å². The van der Waals surface area contributed by atoms with Crippen LogP contribution in [0.5, 0.6) is 0 Å². The predicted octanol–water partition coefficient (Wildman–Crippen LogP) is 13.7. The topological polar surface area (TPSA) is 38.3 Å². The van der Waals surface area contributed by atoms with Crippen LogP contribution in [-0.4, -0.2) is 0 Å². The Kier molecular flexibility index (Phi) is 6.95. The Bertz CT molecular complexity index is 2800. The first kappa shape index (κ1) is 29.3. The van der Waals surface area contributed by atoms with E-state index in [9.17, 15) is 0 Å². The molecule has 1 N–H and O–H groups in total. The van der Waals surface area contributed by atoms with Crippen molar-refractivity contribution in [2.75, 3.05) is 5.32 Å². The fourth-order valence-corrected chi connectivity index (χ4v) is 7.75. The highest BCUT2D eigenvalue weighted by Gasteiger charge is 2.19. The second kappa shape index (κ2) is 12.1. The number of benzene rings is 7. The normalized spacial score (nSPS) is 14.4. The van der Waals surface area contributed by atoms with Gasteiger partial charge in [-0.05, 0) is 76.2 Å². The third-order valence-electron chi connectivity index (χ3n) is 10.2. The molecular weight excluding hydrogens is 623 g/mol. The van der Waals surface area contributed by atoms with Crippen LogP contribution in [0.15, 0.2) is 185 Å². The fourth-order valence-electron chi connectivity index (χ4n) is 7.75. The summed E-state index contributed by atoms with van der Waals surface area (Å²) in [6, 6.07) is 55.5. The van der Waals surface area contributed by atoms with E-state index in [1.165, 1.54) is 22.3 Å². The van der Waals surface area contributed by atoms with Crippen molar-refractivity contribution < 1.29 is 8.83 Å². The van der Waals surface area contributed by atoms with Crippen LogP contribution in [-0.2, 0) is 0 Å². The highest BCUT2D eigenvalue weighted by molar-refractivity contribution is 6.17. The van der Waals surface area contributed by atoms with Gasteiger partial charge >= 0.3 is 0 Å². The lowest BCUT2D eigenvalue weighted by Crippen LogP contribution is -1.99. The molecule has 10 rings (SSSR count). The van der Waals surface area contributed by atoms with E-state index in [0.29, 0.717) is 5.92 Å². The highest BCUT2D eigenvalue weighted by atomic mass is 16.3. The van der Waals surface area contributed by atoms with Gasteiger partial charge in [0, 0.05) is 33.3 Å². The van der Waals surface area contributed by atoms with Crippen molar-refractivity contribution in [3.63, 3.8) is 0 Å². The maximum atomic E-state index is 6.48. The molecule has 0 amide bonds. The van der Waals surface area contributed by atoms with Crippen molar-refractivity contribution in [1.29, 1.82) is 0 Å². The van der Waals surface area contributed by atoms with Crippen molar-refractivity contribution in [2.24, 2.45) is 0 Å². The van der Waals surface area contributed by atoms with Crippen molar-refractivity contribution in [1.82, 2.24) is 0 Å². The van der Waals surface area contributed by atoms with Gasteiger partial charge in [-0.3, -0.25) is 0 Å². The average Bonchev–Trinajstić information content (AvgIpc) is 3.78. The lowest BCUT2D eigenvalue weighted by molar-refractivity contribution is 0.669. The van der Waals surface area contributed by atoms with E-state index in [1.807, 2.05) is 12.1 Å². The van der Waals surface area contributed by atoms with E-state index < -0.39 is 0 Å². The Morgan fingerprint density at radius 1 is 0.510 bits per heavy atom. The van der Waals surface area contributed by atoms with Crippen molar-refractivity contribution >= 4 is 60.8 Å². The van der Waals surface area contributed by atoms with Crippen LogP contribution < -0.4 is 5.32 Å². The number of anilines is 2. The van der Waals surface area contributed by atoms with Crippen LogP contribution in [0.25, 0.3) is 71.7 Å². The van der Waals surface area contributed by atoms with Crippen molar-refractivity contribution in [3.05, 3.63) is 187 Å². The van der Waals surface area contributed by atoms with Gasteiger partial charge < -0.3 is 14.2 Å². The first-order chi connectivity index (χ1) is 25.3. The van der Waals surface area contributed by atoms with Crippen LogP contribution >= 0.6 is 0 Å². The minimum absolute atomic E-state index is 0.310. The third kappa shape index (κ3) is 5.14. The van der Waals surface area contributed by atoms with Gasteiger partial charge in [0.2, 0.25) is 0 Å². The molecule has 3 nitrogen and oxygen atoms in total.